The number of benzene rings is 1. The number of nitro benzene ring substituents is 1. The Labute approximate surface area is 128 Å². The van der Waals surface area contributed by atoms with Gasteiger partial charge in [0.1, 0.15) is 5.75 Å². The maximum atomic E-state index is 10.9. The summed E-state index contributed by atoms with van der Waals surface area (Å²) in [5.41, 5.74) is 7.46. The number of rotatable bonds is 6. The van der Waals surface area contributed by atoms with Gasteiger partial charge < -0.3 is 10.5 Å². The number of non-ortho nitro benzene ring substituents is 1. The van der Waals surface area contributed by atoms with Crippen molar-refractivity contribution in [3.63, 3.8) is 0 Å². The van der Waals surface area contributed by atoms with Crippen LogP contribution >= 0.6 is 0 Å². The Kier molecular flexibility index (Phi) is 3.77. The van der Waals surface area contributed by atoms with Crippen molar-refractivity contribution < 1.29 is 9.66 Å². The van der Waals surface area contributed by atoms with Crippen LogP contribution in [0.5, 0.6) is 5.75 Å². The van der Waals surface area contributed by atoms with E-state index in [1.54, 1.807) is 18.5 Å². The van der Waals surface area contributed by atoms with E-state index in [2.05, 4.69) is 4.98 Å². The van der Waals surface area contributed by atoms with E-state index in [1.807, 2.05) is 12.1 Å². The van der Waals surface area contributed by atoms with Gasteiger partial charge in [0.05, 0.1) is 17.7 Å². The van der Waals surface area contributed by atoms with Gasteiger partial charge in [0.25, 0.3) is 5.69 Å². The lowest BCUT2D eigenvalue weighted by molar-refractivity contribution is -0.384. The predicted molar refractivity (Wildman–Crippen MR) is 82.5 cm³/mol. The Morgan fingerprint density at radius 3 is 2.77 bits per heavy atom. The summed E-state index contributed by atoms with van der Waals surface area (Å²) in [5, 5.41) is 10.9. The van der Waals surface area contributed by atoms with Crippen LogP contribution < -0.4 is 10.5 Å². The van der Waals surface area contributed by atoms with Crippen molar-refractivity contribution in [2.45, 2.75) is 12.8 Å². The van der Waals surface area contributed by atoms with Crippen molar-refractivity contribution in [2.24, 2.45) is 11.1 Å². The van der Waals surface area contributed by atoms with E-state index in [9.17, 15) is 10.1 Å². The zero-order valence-corrected chi connectivity index (χ0v) is 12.1. The van der Waals surface area contributed by atoms with Gasteiger partial charge in [-0.3, -0.25) is 15.1 Å². The van der Waals surface area contributed by atoms with E-state index >= 15 is 0 Å². The number of nitro groups is 1. The molecule has 1 heterocycles. The maximum Gasteiger partial charge on any atom is 0.270 e. The molecule has 0 unspecified atom stereocenters. The highest BCUT2D eigenvalue weighted by Crippen LogP contribution is 2.44. The standard InChI is InChI=1S/C16H17N3O3/c17-10-16(4-5-16)11-22-15-7-13(8-18-9-15)12-2-1-3-14(6-12)19(20)21/h1-3,6-9H,4-5,10-11,17H2. The first kappa shape index (κ1) is 14.5. The second kappa shape index (κ2) is 5.73. The molecule has 0 saturated heterocycles. The Hall–Kier alpha value is -2.47. The van der Waals surface area contributed by atoms with Crippen LogP contribution in [0.3, 0.4) is 0 Å². The molecule has 0 atom stereocenters. The molecule has 1 saturated carbocycles. The number of nitrogens with zero attached hydrogens (tertiary/aromatic N) is 2. The van der Waals surface area contributed by atoms with Gasteiger partial charge in [0, 0.05) is 35.9 Å². The van der Waals surface area contributed by atoms with Crippen molar-refractivity contribution in [2.75, 3.05) is 13.2 Å². The van der Waals surface area contributed by atoms with Gasteiger partial charge >= 0.3 is 0 Å². The molecule has 1 fully saturated rings. The first-order valence-corrected chi connectivity index (χ1v) is 7.15. The fraction of sp³-hybridized carbons (Fsp3) is 0.312. The fourth-order valence-electron chi connectivity index (χ4n) is 2.28. The van der Waals surface area contributed by atoms with E-state index in [0.717, 1.165) is 24.0 Å². The summed E-state index contributed by atoms with van der Waals surface area (Å²) in [6, 6.07) is 8.32. The third kappa shape index (κ3) is 3.07. The SMILES string of the molecule is NCC1(COc2cncc(-c3cccc([N+](=O)[O-])c3)c2)CC1. The molecule has 1 aromatic carbocycles. The molecule has 0 aliphatic heterocycles. The number of hydrogen-bond donors (Lipinski definition) is 1. The van der Waals surface area contributed by atoms with E-state index < -0.39 is 4.92 Å². The summed E-state index contributed by atoms with van der Waals surface area (Å²) in [6.07, 6.45) is 5.51. The highest BCUT2D eigenvalue weighted by molar-refractivity contribution is 5.66. The molecule has 1 aliphatic carbocycles. The monoisotopic (exact) mass is 299 g/mol. The molecule has 114 valence electrons. The molecule has 0 radical (unpaired) electrons. The largest absolute Gasteiger partial charge is 0.491 e. The lowest BCUT2D eigenvalue weighted by Gasteiger charge is -2.14. The molecule has 1 aromatic heterocycles. The van der Waals surface area contributed by atoms with Crippen molar-refractivity contribution >= 4 is 5.69 Å². The van der Waals surface area contributed by atoms with Gasteiger partial charge in [-0.05, 0) is 24.5 Å². The van der Waals surface area contributed by atoms with Crippen LogP contribution in [0.1, 0.15) is 12.8 Å². The second-order valence-electron chi connectivity index (χ2n) is 5.71. The van der Waals surface area contributed by atoms with Crippen molar-refractivity contribution in [3.05, 3.63) is 52.8 Å². The Bertz CT molecular complexity index is 699. The summed E-state index contributed by atoms with van der Waals surface area (Å²) >= 11 is 0. The normalized spacial score (nSPS) is 15.3. The average Bonchev–Trinajstić information content (AvgIpc) is 3.34. The minimum atomic E-state index is -0.407. The van der Waals surface area contributed by atoms with Gasteiger partial charge in [0.15, 0.2) is 0 Å². The van der Waals surface area contributed by atoms with Crippen LogP contribution in [-0.4, -0.2) is 23.1 Å². The van der Waals surface area contributed by atoms with Gasteiger partial charge in [-0.2, -0.15) is 0 Å². The molecule has 1 aliphatic rings. The zero-order valence-electron chi connectivity index (χ0n) is 12.1. The van der Waals surface area contributed by atoms with E-state index in [0.29, 0.717) is 18.9 Å². The van der Waals surface area contributed by atoms with Crippen molar-refractivity contribution in [1.29, 1.82) is 0 Å². The van der Waals surface area contributed by atoms with Gasteiger partial charge in [-0.1, -0.05) is 12.1 Å². The molecule has 22 heavy (non-hydrogen) atoms. The molecular weight excluding hydrogens is 282 g/mol. The fourth-order valence-corrected chi connectivity index (χ4v) is 2.28. The molecular formula is C16H17N3O3. The summed E-state index contributed by atoms with van der Waals surface area (Å²) in [5.74, 6) is 0.656. The summed E-state index contributed by atoms with van der Waals surface area (Å²) < 4.78 is 5.79. The van der Waals surface area contributed by atoms with Crippen LogP contribution in [0.25, 0.3) is 11.1 Å². The first-order valence-electron chi connectivity index (χ1n) is 7.15. The summed E-state index contributed by atoms with van der Waals surface area (Å²) in [7, 11) is 0. The molecule has 0 bridgehead atoms. The first-order chi connectivity index (χ1) is 10.6. The highest BCUT2D eigenvalue weighted by atomic mass is 16.6. The average molecular weight is 299 g/mol. The molecule has 6 nitrogen and oxygen atoms in total. The molecule has 0 amide bonds. The lowest BCUT2D eigenvalue weighted by atomic mass is 10.1. The topological polar surface area (TPSA) is 91.3 Å². The Balaban J connectivity index is 1.78. The quantitative estimate of drug-likeness (QED) is 0.654. The van der Waals surface area contributed by atoms with Crippen molar-refractivity contribution in [3.8, 4) is 16.9 Å². The zero-order chi connectivity index (χ0) is 15.6. The number of pyridine rings is 1. The summed E-state index contributed by atoms with van der Waals surface area (Å²) in [6.45, 7) is 1.22. The maximum absolute atomic E-state index is 10.9. The third-order valence-electron chi connectivity index (χ3n) is 4.04. The molecule has 3 rings (SSSR count). The number of nitrogens with two attached hydrogens (primary N) is 1. The van der Waals surface area contributed by atoms with Crippen LogP contribution in [0.2, 0.25) is 0 Å². The smallest absolute Gasteiger partial charge is 0.270 e. The van der Waals surface area contributed by atoms with Gasteiger partial charge in [0.2, 0.25) is 0 Å². The van der Waals surface area contributed by atoms with Crippen LogP contribution in [0.4, 0.5) is 5.69 Å². The molecule has 2 N–H and O–H groups in total. The number of aromatic nitrogens is 1. The second-order valence-corrected chi connectivity index (χ2v) is 5.71. The Morgan fingerprint density at radius 2 is 2.09 bits per heavy atom. The van der Waals surface area contributed by atoms with E-state index in [1.165, 1.54) is 12.1 Å². The van der Waals surface area contributed by atoms with Crippen LogP contribution in [0.15, 0.2) is 42.7 Å². The lowest BCUT2D eigenvalue weighted by Crippen LogP contribution is -2.22. The molecule has 0 spiro atoms. The van der Waals surface area contributed by atoms with Gasteiger partial charge in [-0.25, -0.2) is 0 Å². The minimum absolute atomic E-state index is 0.0592. The molecule has 2 aromatic rings. The minimum Gasteiger partial charge on any atom is -0.491 e. The van der Waals surface area contributed by atoms with E-state index in [-0.39, 0.29) is 11.1 Å². The summed E-state index contributed by atoms with van der Waals surface area (Å²) in [4.78, 5) is 14.6. The predicted octanol–water partition coefficient (Wildman–Crippen LogP) is 2.77. The Morgan fingerprint density at radius 1 is 1.27 bits per heavy atom. The number of ether oxygens (including phenoxy) is 1. The van der Waals surface area contributed by atoms with Crippen LogP contribution in [0, 0.1) is 15.5 Å². The van der Waals surface area contributed by atoms with Crippen LogP contribution in [-0.2, 0) is 0 Å². The highest BCUT2D eigenvalue weighted by Gasteiger charge is 2.42. The third-order valence-corrected chi connectivity index (χ3v) is 4.04. The van der Waals surface area contributed by atoms with Gasteiger partial charge in [-0.15, -0.1) is 0 Å². The van der Waals surface area contributed by atoms with E-state index in [4.69, 9.17) is 10.5 Å². The molecule has 6 heteroatoms. The number of hydrogen-bond acceptors (Lipinski definition) is 5. The van der Waals surface area contributed by atoms with Crippen molar-refractivity contribution in [1.82, 2.24) is 4.98 Å².